The minimum atomic E-state index is 0.140. The van der Waals surface area contributed by atoms with Gasteiger partial charge in [0.25, 0.3) is 0 Å². The van der Waals surface area contributed by atoms with E-state index in [9.17, 15) is 5.11 Å². The largest absolute Gasteiger partial charge is 0.394 e. The summed E-state index contributed by atoms with van der Waals surface area (Å²) in [6.07, 6.45) is 4.84. The first-order valence-electron chi connectivity index (χ1n) is 10.8. The van der Waals surface area contributed by atoms with Crippen molar-refractivity contribution in [2.45, 2.75) is 57.8 Å². The molecule has 0 aliphatic carbocycles. The number of likely N-dealkylation sites (tertiary alicyclic amines) is 1. The van der Waals surface area contributed by atoms with Crippen LogP contribution in [0.15, 0.2) is 30.5 Å². The molecule has 5 nitrogen and oxygen atoms in total. The lowest BCUT2D eigenvalue weighted by Gasteiger charge is -2.51. The summed E-state index contributed by atoms with van der Waals surface area (Å²) in [5.41, 5.74) is 5.26. The van der Waals surface area contributed by atoms with Gasteiger partial charge < -0.3 is 5.11 Å². The number of aliphatic hydroxyl groups is 1. The third kappa shape index (κ3) is 3.10. The average molecular weight is 381 g/mol. The first-order chi connectivity index (χ1) is 13.6. The van der Waals surface area contributed by atoms with Gasteiger partial charge in [-0.1, -0.05) is 29.8 Å². The fraction of sp³-hybridized carbons (Fsp3) is 0.609. The van der Waals surface area contributed by atoms with E-state index in [4.69, 9.17) is 0 Å². The summed E-state index contributed by atoms with van der Waals surface area (Å²) in [5, 5.41) is 13.8. The lowest BCUT2D eigenvalue weighted by molar-refractivity contribution is -0.00873. The maximum atomic E-state index is 9.23. The zero-order valence-electron chi connectivity index (χ0n) is 17.1. The van der Waals surface area contributed by atoms with Gasteiger partial charge in [-0.25, -0.2) is 0 Å². The molecule has 0 unspecified atom stereocenters. The summed E-state index contributed by atoms with van der Waals surface area (Å²) < 4.78 is 1.90. The number of piperidine rings is 3. The van der Waals surface area contributed by atoms with Crippen molar-refractivity contribution < 1.29 is 5.11 Å². The van der Waals surface area contributed by atoms with Crippen LogP contribution in [0.3, 0.4) is 0 Å². The molecule has 0 spiro atoms. The highest BCUT2D eigenvalue weighted by molar-refractivity contribution is 5.30. The molecule has 4 fully saturated rings. The van der Waals surface area contributed by atoms with Crippen molar-refractivity contribution in [3.63, 3.8) is 0 Å². The van der Waals surface area contributed by atoms with Gasteiger partial charge in [-0.2, -0.15) is 5.10 Å². The molecular formula is C23H32N4O. The monoisotopic (exact) mass is 380 g/mol. The van der Waals surface area contributed by atoms with Crippen molar-refractivity contribution in [1.29, 1.82) is 0 Å². The minimum absolute atomic E-state index is 0.140. The molecule has 2 aromatic rings. The van der Waals surface area contributed by atoms with Crippen LogP contribution in [0.5, 0.6) is 0 Å². The molecule has 3 atom stereocenters. The van der Waals surface area contributed by atoms with E-state index < -0.39 is 0 Å². The first kappa shape index (κ1) is 18.3. The minimum Gasteiger partial charge on any atom is -0.394 e. The van der Waals surface area contributed by atoms with Crippen LogP contribution in [-0.2, 0) is 13.1 Å². The Hall–Kier alpha value is -1.69. The summed E-state index contributed by atoms with van der Waals surface area (Å²) >= 11 is 0. The van der Waals surface area contributed by atoms with E-state index in [0.29, 0.717) is 24.5 Å². The average Bonchev–Trinajstić information content (AvgIpc) is 3.26. The van der Waals surface area contributed by atoms with Crippen LogP contribution < -0.4 is 0 Å². The maximum Gasteiger partial charge on any atom is 0.0641 e. The van der Waals surface area contributed by atoms with Crippen LogP contribution in [0, 0.1) is 19.8 Å². The third-order valence-corrected chi connectivity index (χ3v) is 7.35. The lowest BCUT2D eigenvalue weighted by Crippen LogP contribution is -2.59. The summed E-state index contributed by atoms with van der Waals surface area (Å²) in [6.45, 7) is 9.65. The molecule has 4 aliphatic heterocycles. The number of benzene rings is 1. The molecule has 1 N–H and O–H groups in total. The van der Waals surface area contributed by atoms with E-state index in [1.807, 2.05) is 4.68 Å². The Bertz CT molecular complexity index is 822. The molecule has 1 aromatic heterocycles. The second-order valence-electron chi connectivity index (χ2n) is 9.03. The number of aromatic nitrogens is 2. The number of aliphatic hydroxyl groups excluding tert-OH is 1. The molecule has 0 saturated carbocycles. The third-order valence-electron chi connectivity index (χ3n) is 7.35. The van der Waals surface area contributed by atoms with Gasteiger partial charge in [0.15, 0.2) is 0 Å². The van der Waals surface area contributed by atoms with Crippen LogP contribution in [-0.4, -0.2) is 63.0 Å². The van der Waals surface area contributed by atoms with Gasteiger partial charge in [0.1, 0.15) is 0 Å². The Labute approximate surface area is 168 Å². The highest BCUT2D eigenvalue weighted by Gasteiger charge is 2.53. The van der Waals surface area contributed by atoms with Crippen molar-refractivity contribution in [3.8, 4) is 0 Å². The van der Waals surface area contributed by atoms with Crippen molar-refractivity contribution in [3.05, 3.63) is 52.8 Å². The molecule has 2 bridgehead atoms. The fourth-order valence-corrected chi connectivity index (χ4v) is 5.98. The van der Waals surface area contributed by atoms with Crippen LogP contribution in [0.4, 0.5) is 0 Å². The van der Waals surface area contributed by atoms with Gasteiger partial charge in [0, 0.05) is 42.9 Å². The predicted molar refractivity (Wildman–Crippen MR) is 110 cm³/mol. The molecule has 1 aromatic carbocycles. The maximum absolute atomic E-state index is 9.23. The molecule has 0 radical (unpaired) electrons. The zero-order valence-corrected chi connectivity index (χ0v) is 17.1. The zero-order chi connectivity index (χ0) is 19.3. The van der Waals surface area contributed by atoms with E-state index in [0.717, 1.165) is 24.7 Å². The van der Waals surface area contributed by atoms with E-state index in [-0.39, 0.29) is 6.61 Å². The fourth-order valence-electron chi connectivity index (χ4n) is 5.98. The van der Waals surface area contributed by atoms with Crippen molar-refractivity contribution >= 4 is 0 Å². The first-order valence-corrected chi connectivity index (χ1v) is 10.8. The Kier molecular flexibility index (Phi) is 4.77. The Balaban J connectivity index is 1.44. The second-order valence-corrected chi connectivity index (χ2v) is 9.03. The quantitative estimate of drug-likeness (QED) is 0.866. The highest BCUT2D eigenvalue weighted by atomic mass is 16.3. The molecule has 0 amide bonds. The second kappa shape index (κ2) is 7.29. The van der Waals surface area contributed by atoms with Gasteiger partial charge in [-0.05, 0) is 51.3 Å². The topological polar surface area (TPSA) is 44.5 Å². The molecule has 4 saturated heterocycles. The molecule has 4 aliphatic rings. The van der Waals surface area contributed by atoms with Crippen molar-refractivity contribution in [2.24, 2.45) is 5.92 Å². The molecule has 6 rings (SSSR count). The Morgan fingerprint density at radius 1 is 1.07 bits per heavy atom. The number of rotatable bonds is 5. The van der Waals surface area contributed by atoms with Gasteiger partial charge in [0.2, 0.25) is 0 Å². The summed E-state index contributed by atoms with van der Waals surface area (Å²) in [4.78, 5) is 5.52. The van der Waals surface area contributed by atoms with Crippen LogP contribution in [0.25, 0.3) is 0 Å². The van der Waals surface area contributed by atoms with E-state index in [1.54, 1.807) is 0 Å². The summed E-state index contributed by atoms with van der Waals surface area (Å²) in [5.74, 6) is 1.43. The molecule has 5 heterocycles. The molecular weight excluding hydrogens is 348 g/mol. The highest BCUT2D eigenvalue weighted by Crippen LogP contribution is 2.47. The van der Waals surface area contributed by atoms with Crippen LogP contribution >= 0.6 is 0 Å². The van der Waals surface area contributed by atoms with E-state index in [1.165, 1.54) is 42.6 Å². The van der Waals surface area contributed by atoms with Gasteiger partial charge in [-0.15, -0.1) is 0 Å². The molecule has 150 valence electrons. The van der Waals surface area contributed by atoms with Gasteiger partial charge in [0.05, 0.1) is 18.8 Å². The molecule has 28 heavy (non-hydrogen) atoms. The Morgan fingerprint density at radius 2 is 1.82 bits per heavy atom. The number of aryl methyl sites for hydroxylation is 2. The van der Waals surface area contributed by atoms with Crippen LogP contribution in [0.2, 0.25) is 0 Å². The lowest BCUT2D eigenvalue weighted by atomic mass is 9.75. The van der Waals surface area contributed by atoms with E-state index in [2.05, 4.69) is 59.2 Å². The van der Waals surface area contributed by atoms with E-state index >= 15 is 0 Å². The number of hydrogen-bond donors (Lipinski definition) is 1. The van der Waals surface area contributed by atoms with Crippen molar-refractivity contribution in [2.75, 3.05) is 26.2 Å². The smallest absolute Gasteiger partial charge is 0.0641 e. The predicted octanol–water partition coefficient (Wildman–Crippen LogP) is 2.55. The van der Waals surface area contributed by atoms with Gasteiger partial charge >= 0.3 is 0 Å². The summed E-state index contributed by atoms with van der Waals surface area (Å²) in [7, 11) is 0. The summed E-state index contributed by atoms with van der Waals surface area (Å²) in [6, 6.07) is 10.6. The van der Waals surface area contributed by atoms with Gasteiger partial charge in [-0.3, -0.25) is 14.5 Å². The number of hydrogen-bond acceptors (Lipinski definition) is 4. The number of nitrogens with zero attached hydrogens (tertiary/aromatic N) is 4. The normalized spacial score (nSPS) is 32.0. The Morgan fingerprint density at radius 3 is 2.54 bits per heavy atom. The SMILES string of the molecule is Cc1ccc([C@@H]2CN(Cc3cn(CCO)nc3C)[C@H]3C4CCN(CC4)[C@@H]23)cc1. The van der Waals surface area contributed by atoms with Crippen molar-refractivity contribution in [1.82, 2.24) is 19.6 Å². The molecule has 5 heteroatoms. The number of fused-ring (bicyclic) bond motifs is 2. The van der Waals surface area contributed by atoms with Crippen LogP contribution in [0.1, 0.15) is 41.1 Å². The standard InChI is InChI=1S/C23H32N4O/c1-16-3-5-18(6-4-16)21-15-26(13-20-14-27(11-12-28)24-17(20)2)22-19-7-9-25(10-8-19)23(21)22/h3-6,14,19,21-23,28H,7-13,15H2,1-2H3/t21-,22-,23-/m0/s1.